The Hall–Kier alpha value is -1.30. The number of hydrogen-bond donors (Lipinski definition) is 4. The molecule has 0 aliphatic carbocycles. The second-order valence-electron chi connectivity index (χ2n) is 2.93. The fourth-order valence-electron chi connectivity index (χ4n) is 1.21. The molecule has 6 heteroatoms. The van der Waals surface area contributed by atoms with Gasteiger partial charge in [0, 0.05) is 11.6 Å². The zero-order chi connectivity index (χ0) is 11.4. The van der Waals surface area contributed by atoms with Crippen LogP contribution in [-0.4, -0.2) is 16.2 Å². The molecule has 1 atom stereocenters. The minimum atomic E-state index is -1.56. The van der Waals surface area contributed by atoms with Crippen LogP contribution in [0.5, 0.6) is 0 Å². The van der Waals surface area contributed by atoms with Gasteiger partial charge in [-0.05, 0) is 23.3 Å². The number of aliphatic carboxylic acids is 1. The van der Waals surface area contributed by atoms with Gasteiger partial charge in [0.15, 0.2) is 6.10 Å². The van der Waals surface area contributed by atoms with Crippen LogP contribution in [0.2, 0.25) is 0 Å². The predicted octanol–water partition coefficient (Wildman–Crippen LogP) is 0.829. The van der Waals surface area contributed by atoms with Gasteiger partial charge >= 0.3 is 5.97 Å². The van der Waals surface area contributed by atoms with Crippen molar-refractivity contribution in [2.24, 2.45) is 5.84 Å². The van der Waals surface area contributed by atoms with E-state index in [0.29, 0.717) is 11.3 Å². The van der Waals surface area contributed by atoms with Crippen LogP contribution in [0.15, 0.2) is 18.2 Å². The summed E-state index contributed by atoms with van der Waals surface area (Å²) in [5.74, 6) is 3.98. The van der Waals surface area contributed by atoms with Gasteiger partial charge in [0.2, 0.25) is 0 Å². The summed E-state index contributed by atoms with van der Waals surface area (Å²) >= 11 is 5.64. The molecule has 0 bridgehead atoms. The lowest BCUT2D eigenvalue weighted by atomic mass is 10.0. The molecule has 15 heavy (non-hydrogen) atoms. The maximum Gasteiger partial charge on any atom is 0.337 e. The zero-order valence-corrected chi connectivity index (χ0v) is 8.53. The summed E-state index contributed by atoms with van der Waals surface area (Å²) in [5.41, 5.74) is 3.82. The Bertz CT molecular complexity index is 370. The second kappa shape index (κ2) is 4.97. The number of nitrogen functional groups attached to an aromatic ring is 1. The van der Waals surface area contributed by atoms with Crippen LogP contribution in [0.25, 0.3) is 0 Å². The number of carboxylic acid groups (broad SMARTS) is 1. The Labute approximate surface area is 91.4 Å². The van der Waals surface area contributed by atoms with Gasteiger partial charge < -0.3 is 15.6 Å². The molecule has 0 saturated heterocycles. The SMILES string of the molecule is NNc1ccc(C(O)C(=O)O)c(CCl)c1. The number of rotatable bonds is 4. The van der Waals surface area contributed by atoms with E-state index >= 15 is 0 Å². The lowest BCUT2D eigenvalue weighted by molar-refractivity contribution is -0.147. The van der Waals surface area contributed by atoms with E-state index in [1.54, 1.807) is 12.1 Å². The molecule has 0 aliphatic rings. The maximum atomic E-state index is 10.6. The Kier molecular flexibility index (Phi) is 3.90. The molecular formula is C9H11ClN2O3. The first-order valence-corrected chi connectivity index (χ1v) is 4.70. The Morgan fingerprint density at radius 2 is 2.27 bits per heavy atom. The number of aliphatic hydroxyl groups is 1. The van der Waals surface area contributed by atoms with Crippen LogP contribution in [-0.2, 0) is 10.7 Å². The van der Waals surface area contributed by atoms with Crippen molar-refractivity contribution < 1.29 is 15.0 Å². The van der Waals surface area contributed by atoms with Crippen LogP contribution in [0.3, 0.4) is 0 Å². The lowest BCUT2D eigenvalue weighted by Gasteiger charge is -2.12. The third-order valence-electron chi connectivity index (χ3n) is 1.98. The monoisotopic (exact) mass is 230 g/mol. The normalized spacial score (nSPS) is 12.2. The van der Waals surface area contributed by atoms with Gasteiger partial charge in [-0.25, -0.2) is 4.79 Å². The lowest BCUT2D eigenvalue weighted by Crippen LogP contribution is -2.13. The predicted molar refractivity (Wildman–Crippen MR) is 56.4 cm³/mol. The van der Waals surface area contributed by atoms with E-state index in [9.17, 15) is 9.90 Å². The van der Waals surface area contributed by atoms with E-state index in [-0.39, 0.29) is 11.4 Å². The fraction of sp³-hybridized carbons (Fsp3) is 0.222. The van der Waals surface area contributed by atoms with Gasteiger partial charge in [0.25, 0.3) is 0 Å². The number of carbonyl (C=O) groups is 1. The van der Waals surface area contributed by atoms with Gasteiger partial charge in [0.05, 0.1) is 0 Å². The molecule has 0 radical (unpaired) electrons. The summed E-state index contributed by atoms with van der Waals surface area (Å²) in [7, 11) is 0. The summed E-state index contributed by atoms with van der Waals surface area (Å²) in [6, 6.07) is 4.64. The number of nitrogens with two attached hydrogens (primary N) is 1. The molecular weight excluding hydrogens is 220 g/mol. The van der Waals surface area contributed by atoms with Crippen LogP contribution < -0.4 is 11.3 Å². The molecule has 0 fully saturated rings. The van der Waals surface area contributed by atoms with Crippen molar-refractivity contribution in [3.8, 4) is 0 Å². The fourth-order valence-corrected chi connectivity index (χ4v) is 1.44. The first kappa shape index (κ1) is 11.8. The minimum Gasteiger partial charge on any atom is -0.479 e. The number of benzene rings is 1. The Morgan fingerprint density at radius 3 is 2.73 bits per heavy atom. The van der Waals surface area contributed by atoms with Crippen molar-refractivity contribution in [1.82, 2.24) is 0 Å². The van der Waals surface area contributed by atoms with E-state index < -0.39 is 12.1 Å². The summed E-state index contributed by atoms with van der Waals surface area (Å²) in [4.78, 5) is 10.6. The topological polar surface area (TPSA) is 95.6 Å². The molecule has 5 N–H and O–H groups in total. The number of aliphatic hydroxyl groups excluding tert-OH is 1. The maximum absolute atomic E-state index is 10.6. The van der Waals surface area contributed by atoms with Gasteiger partial charge in [-0.1, -0.05) is 6.07 Å². The first-order chi connectivity index (χ1) is 7.10. The summed E-state index contributed by atoms with van der Waals surface area (Å²) in [5, 5.41) is 18.0. The van der Waals surface area contributed by atoms with Crippen molar-refractivity contribution in [3.05, 3.63) is 29.3 Å². The molecule has 0 amide bonds. The molecule has 0 aliphatic heterocycles. The number of carboxylic acids is 1. The molecule has 82 valence electrons. The average molecular weight is 231 g/mol. The number of anilines is 1. The quantitative estimate of drug-likeness (QED) is 0.349. The van der Waals surface area contributed by atoms with Crippen molar-refractivity contribution in [2.45, 2.75) is 12.0 Å². The van der Waals surface area contributed by atoms with Gasteiger partial charge in [-0.15, -0.1) is 11.6 Å². The standard InChI is InChI=1S/C9H11ClN2O3/c10-4-5-3-6(12-11)1-2-7(5)8(13)9(14)15/h1-3,8,12-13H,4,11H2,(H,14,15). The van der Waals surface area contributed by atoms with Gasteiger partial charge in [0.1, 0.15) is 0 Å². The number of nitrogens with one attached hydrogen (secondary N) is 1. The minimum absolute atomic E-state index is 0.106. The van der Waals surface area contributed by atoms with Crippen LogP contribution >= 0.6 is 11.6 Å². The van der Waals surface area contributed by atoms with E-state index in [0.717, 1.165) is 0 Å². The largest absolute Gasteiger partial charge is 0.479 e. The van der Waals surface area contributed by atoms with Crippen LogP contribution in [0.4, 0.5) is 5.69 Å². The van der Waals surface area contributed by atoms with E-state index in [1.807, 2.05) is 0 Å². The number of hydrogen-bond acceptors (Lipinski definition) is 4. The van der Waals surface area contributed by atoms with Crippen molar-refractivity contribution in [3.63, 3.8) is 0 Å². The number of alkyl halides is 1. The molecule has 1 aromatic carbocycles. The molecule has 1 aromatic rings. The molecule has 5 nitrogen and oxygen atoms in total. The molecule has 0 saturated carbocycles. The Morgan fingerprint density at radius 1 is 1.60 bits per heavy atom. The third-order valence-corrected chi connectivity index (χ3v) is 2.27. The third kappa shape index (κ3) is 2.59. The van der Waals surface area contributed by atoms with E-state index in [2.05, 4.69) is 5.43 Å². The highest BCUT2D eigenvalue weighted by molar-refractivity contribution is 6.17. The van der Waals surface area contributed by atoms with E-state index in [1.165, 1.54) is 6.07 Å². The Balaban J connectivity index is 3.12. The highest BCUT2D eigenvalue weighted by Crippen LogP contribution is 2.23. The smallest absolute Gasteiger partial charge is 0.337 e. The molecule has 1 unspecified atom stereocenters. The van der Waals surface area contributed by atoms with Crippen molar-refractivity contribution >= 4 is 23.3 Å². The average Bonchev–Trinajstić information content (AvgIpc) is 2.27. The summed E-state index contributed by atoms with van der Waals surface area (Å²) in [6.45, 7) is 0. The highest BCUT2D eigenvalue weighted by atomic mass is 35.5. The molecule has 0 spiro atoms. The number of hydrazine groups is 1. The van der Waals surface area contributed by atoms with Crippen molar-refractivity contribution in [2.75, 3.05) is 5.43 Å². The summed E-state index contributed by atoms with van der Waals surface area (Å²) in [6.07, 6.45) is -1.56. The van der Waals surface area contributed by atoms with Crippen LogP contribution in [0, 0.1) is 0 Å². The molecule has 1 rings (SSSR count). The summed E-state index contributed by atoms with van der Waals surface area (Å²) < 4.78 is 0. The molecule has 0 aromatic heterocycles. The number of halogens is 1. The highest BCUT2D eigenvalue weighted by Gasteiger charge is 2.19. The second-order valence-corrected chi connectivity index (χ2v) is 3.20. The first-order valence-electron chi connectivity index (χ1n) is 4.16. The molecule has 0 heterocycles. The van der Waals surface area contributed by atoms with E-state index in [4.69, 9.17) is 22.6 Å². The zero-order valence-electron chi connectivity index (χ0n) is 7.77. The van der Waals surface area contributed by atoms with Gasteiger partial charge in [-0.2, -0.15) is 0 Å². The van der Waals surface area contributed by atoms with Crippen molar-refractivity contribution in [1.29, 1.82) is 0 Å². The van der Waals surface area contributed by atoms with Gasteiger partial charge in [-0.3, -0.25) is 5.84 Å². The van der Waals surface area contributed by atoms with Crippen LogP contribution in [0.1, 0.15) is 17.2 Å².